The standard InChI is InChI=1S/C19H31NO2/c1-5-15(4)16-6-8-17(9-7-16)18(14(2)3)20-10-19(11-21)12-22-13-19/h6-9,14-15,18,20-21H,5,10-13H2,1-4H3. The van der Waals surface area contributed by atoms with E-state index in [1.807, 2.05) is 0 Å². The van der Waals surface area contributed by atoms with Gasteiger partial charge in [0.05, 0.1) is 25.2 Å². The number of ether oxygens (including phenoxy) is 1. The average molecular weight is 305 g/mol. The van der Waals surface area contributed by atoms with Crippen LogP contribution in [0.15, 0.2) is 24.3 Å². The summed E-state index contributed by atoms with van der Waals surface area (Å²) in [7, 11) is 0. The first-order valence-electron chi connectivity index (χ1n) is 8.53. The average Bonchev–Trinajstić information content (AvgIpc) is 2.49. The largest absolute Gasteiger partial charge is 0.396 e. The van der Waals surface area contributed by atoms with E-state index >= 15 is 0 Å². The normalized spacial score (nSPS) is 19.7. The molecule has 0 saturated carbocycles. The van der Waals surface area contributed by atoms with Gasteiger partial charge in [-0.15, -0.1) is 0 Å². The third-order valence-corrected chi connectivity index (χ3v) is 4.99. The van der Waals surface area contributed by atoms with E-state index in [-0.39, 0.29) is 12.0 Å². The van der Waals surface area contributed by atoms with Crippen LogP contribution in [-0.2, 0) is 4.74 Å². The quantitative estimate of drug-likeness (QED) is 0.772. The van der Waals surface area contributed by atoms with Crippen LogP contribution >= 0.6 is 0 Å². The Morgan fingerprint density at radius 3 is 2.14 bits per heavy atom. The highest BCUT2D eigenvalue weighted by molar-refractivity contribution is 5.27. The Labute approximate surface area is 135 Å². The van der Waals surface area contributed by atoms with Crippen molar-refractivity contribution in [3.8, 4) is 0 Å². The van der Waals surface area contributed by atoms with Crippen LogP contribution in [0.4, 0.5) is 0 Å². The maximum Gasteiger partial charge on any atom is 0.0579 e. The molecular weight excluding hydrogens is 274 g/mol. The molecule has 1 aromatic carbocycles. The number of hydrogen-bond donors (Lipinski definition) is 2. The number of hydrogen-bond acceptors (Lipinski definition) is 3. The zero-order valence-electron chi connectivity index (χ0n) is 14.4. The topological polar surface area (TPSA) is 41.5 Å². The van der Waals surface area contributed by atoms with Gasteiger partial charge < -0.3 is 15.2 Å². The highest BCUT2D eigenvalue weighted by atomic mass is 16.5. The second-order valence-electron chi connectivity index (χ2n) is 7.23. The molecule has 3 nitrogen and oxygen atoms in total. The molecular formula is C19H31NO2. The third-order valence-electron chi connectivity index (χ3n) is 4.99. The van der Waals surface area contributed by atoms with Crippen LogP contribution in [-0.4, -0.2) is 31.5 Å². The lowest BCUT2D eigenvalue weighted by atomic mass is 9.85. The van der Waals surface area contributed by atoms with Crippen molar-refractivity contribution in [2.24, 2.45) is 11.3 Å². The van der Waals surface area contributed by atoms with Gasteiger partial charge in [-0.1, -0.05) is 52.0 Å². The molecule has 2 rings (SSSR count). The summed E-state index contributed by atoms with van der Waals surface area (Å²) < 4.78 is 5.28. The highest BCUT2D eigenvalue weighted by Gasteiger charge is 2.38. The van der Waals surface area contributed by atoms with Crippen molar-refractivity contribution in [2.75, 3.05) is 26.4 Å². The second kappa shape index (κ2) is 7.58. The number of nitrogens with one attached hydrogen (secondary N) is 1. The van der Waals surface area contributed by atoms with Crippen molar-refractivity contribution in [1.82, 2.24) is 5.32 Å². The summed E-state index contributed by atoms with van der Waals surface area (Å²) in [6.07, 6.45) is 1.17. The molecule has 1 fully saturated rings. The van der Waals surface area contributed by atoms with Gasteiger partial charge in [0.1, 0.15) is 0 Å². The molecule has 22 heavy (non-hydrogen) atoms. The summed E-state index contributed by atoms with van der Waals surface area (Å²) >= 11 is 0. The Balaban J connectivity index is 2.04. The van der Waals surface area contributed by atoms with Crippen molar-refractivity contribution in [1.29, 1.82) is 0 Å². The van der Waals surface area contributed by atoms with Crippen molar-refractivity contribution >= 4 is 0 Å². The predicted octanol–water partition coefficient (Wildman–Crippen LogP) is 3.50. The zero-order chi connectivity index (χ0) is 16.2. The Kier molecular flexibility index (Phi) is 6.01. The van der Waals surface area contributed by atoms with Gasteiger partial charge in [-0.25, -0.2) is 0 Å². The molecule has 1 heterocycles. The third kappa shape index (κ3) is 3.89. The molecule has 1 aliphatic heterocycles. The minimum atomic E-state index is -0.0796. The van der Waals surface area contributed by atoms with Crippen molar-refractivity contribution in [3.63, 3.8) is 0 Å². The van der Waals surface area contributed by atoms with Gasteiger partial charge >= 0.3 is 0 Å². The van der Waals surface area contributed by atoms with Crippen LogP contribution in [0.1, 0.15) is 57.2 Å². The fraction of sp³-hybridized carbons (Fsp3) is 0.684. The molecule has 124 valence electrons. The van der Waals surface area contributed by atoms with E-state index < -0.39 is 0 Å². The first kappa shape index (κ1) is 17.5. The summed E-state index contributed by atoms with van der Waals surface area (Å²) in [6.45, 7) is 11.3. The van der Waals surface area contributed by atoms with E-state index in [0.29, 0.717) is 31.1 Å². The van der Waals surface area contributed by atoms with Crippen LogP contribution in [0, 0.1) is 11.3 Å². The summed E-state index contributed by atoms with van der Waals surface area (Å²) in [5, 5.41) is 13.2. The minimum absolute atomic E-state index is 0.0796. The Bertz CT molecular complexity index is 445. The van der Waals surface area contributed by atoms with Crippen LogP contribution in [0.5, 0.6) is 0 Å². The smallest absolute Gasteiger partial charge is 0.0579 e. The van der Waals surface area contributed by atoms with E-state index in [1.54, 1.807) is 0 Å². The monoisotopic (exact) mass is 305 g/mol. The molecule has 0 aromatic heterocycles. The van der Waals surface area contributed by atoms with Gasteiger partial charge in [-0.3, -0.25) is 0 Å². The van der Waals surface area contributed by atoms with Crippen molar-refractivity contribution in [2.45, 2.75) is 46.1 Å². The minimum Gasteiger partial charge on any atom is -0.396 e. The molecule has 2 atom stereocenters. The Morgan fingerprint density at radius 1 is 1.14 bits per heavy atom. The van der Waals surface area contributed by atoms with E-state index in [4.69, 9.17) is 4.74 Å². The summed E-state index contributed by atoms with van der Waals surface area (Å²) in [5.41, 5.74) is 2.66. The molecule has 1 aromatic rings. The van der Waals surface area contributed by atoms with Gasteiger partial charge in [-0.05, 0) is 29.4 Å². The van der Waals surface area contributed by atoms with Gasteiger partial charge in [0.15, 0.2) is 0 Å². The molecule has 2 N–H and O–H groups in total. The van der Waals surface area contributed by atoms with Crippen LogP contribution < -0.4 is 5.32 Å². The van der Waals surface area contributed by atoms with Crippen molar-refractivity contribution in [3.05, 3.63) is 35.4 Å². The highest BCUT2D eigenvalue weighted by Crippen LogP contribution is 2.29. The Morgan fingerprint density at radius 2 is 1.73 bits per heavy atom. The fourth-order valence-electron chi connectivity index (χ4n) is 2.97. The summed E-state index contributed by atoms with van der Waals surface area (Å²) in [6, 6.07) is 9.34. The van der Waals surface area contributed by atoms with Crippen LogP contribution in [0.3, 0.4) is 0 Å². The maximum absolute atomic E-state index is 9.56. The second-order valence-corrected chi connectivity index (χ2v) is 7.23. The summed E-state index contributed by atoms with van der Waals surface area (Å²) in [5.74, 6) is 1.12. The van der Waals surface area contributed by atoms with Crippen LogP contribution in [0.2, 0.25) is 0 Å². The summed E-state index contributed by atoms with van der Waals surface area (Å²) in [4.78, 5) is 0. The number of rotatable bonds is 8. The predicted molar refractivity (Wildman–Crippen MR) is 91.1 cm³/mol. The van der Waals surface area contributed by atoms with Crippen LogP contribution in [0.25, 0.3) is 0 Å². The molecule has 0 radical (unpaired) electrons. The molecule has 2 unspecified atom stereocenters. The lowest BCUT2D eigenvalue weighted by Gasteiger charge is -2.41. The van der Waals surface area contributed by atoms with Gasteiger partial charge in [0.2, 0.25) is 0 Å². The lowest BCUT2D eigenvalue weighted by molar-refractivity contribution is -0.135. The van der Waals surface area contributed by atoms with Gasteiger partial charge in [0, 0.05) is 12.6 Å². The molecule has 1 saturated heterocycles. The molecule has 3 heteroatoms. The molecule has 0 bridgehead atoms. The first-order chi connectivity index (χ1) is 10.5. The SMILES string of the molecule is CCC(C)c1ccc(C(NCC2(CO)COC2)C(C)C)cc1. The molecule has 0 amide bonds. The van der Waals surface area contributed by atoms with E-state index in [9.17, 15) is 5.11 Å². The molecule has 1 aliphatic rings. The lowest BCUT2D eigenvalue weighted by Crippen LogP contribution is -2.53. The molecule has 0 spiro atoms. The number of aliphatic hydroxyl groups excluding tert-OH is 1. The van der Waals surface area contributed by atoms with E-state index in [0.717, 1.165) is 6.54 Å². The fourth-order valence-corrected chi connectivity index (χ4v) is 2.97. The van der Waals surface area contributed by atoms with Crippen molar-refractivity contribution < 1.29 is 9.84 Å². The number of benzene rings is 1. The van der Waals surface area contributed by atoms with Gasteiger partial charge in [-0.2, -0.15) is 0 Å². The van der Waals surface area contributed by atoms with Gasteiger partial charge in [0.25, 0.3) is 0 Å². The zero-order valence-corrected chi connectivity index (χ0v) is 14.4. The van der Waals surface area contributed by atoms with E-state index in [2.05, 4.69) is 57.3 Å². The molecule has 0 aliphatic carbocycles. The first-order valence-corrected chi connectivity index (χ1v) is 8.53. The maximum atomic E-state index is 9.56. The van der Waals surface area contributed by atoms with E-state index in [1.165, 1.54) is 17.5 Å². The number of aliphatic hydroxyl groups is 1. The Hall–Kier alpha value is -0.900.